The van der Waals surface area contributed by atoms with Gasteiger partial charge in [0.1, 0.15) is 11.5 Å². The van der Waals surface area contributed by atoms with Crippen molar-refractivity contribution in [2.24, 2.45) is 0 Å². The molecule has 31 heavy (non-hydrogen) atoms. The Hall–Kier alpha value is -4.40. The fourth-order valence-electron chi connectivity index (χ4n) is 2.96. The van der Waals surface area contributed by atoms with Crippen molar-refractivity contribution in [3.63, 3.8) is 0 Å². The van der Waals surface area contributed by atoms with Crippen molar-refractivity contribution >= 4 is 23.4 Å². The number of methoxy groups -OCH3 is 2. The van der Waals surface area contributed by atoms with Crippen molar-refractivity contribution in [1.82, 2.24) is 20.2 Å². The Labute approximate surface area is 177 Å². The highest BCUT2D eigenvalue weighted by molar-refractivity contribution is 6.24. The van der Waals surface area contributed by atoms with Crippen LogP contribution in [0.1, 0.15) is 5.76 Å². The Morgan fingerprint density at radius 3 is 2.55 bits per heavy atom. The van der Waals surface area contributed by atoms with Gasteiger partial charge in [-0.2, -0.15) is 4.68 Å². The fourth-order valence-corrected chi connectivity index (χ4v) is 2.96. The van der Waals surface area contributed by atoms with E-state index in [1.165, 1.54) is 18.1 Å². The topological polar surface area (TPSA) is 104 Å². The van der Waals surface area contributed by atoms with E-state index in [1.54, 1.807) is 43.5 Å². The molecule has 4 rings (SSSR count). The van der Waals surface area contributed by atoms with Crippen molar-refractivity contribution in [2.75, 3.05) is 19.5 Å². The van der Waals surface area contributed by atoms with E-state index in [9.17, 15) is 4.79 Å². The predicted molar refractivity (Wildman–Crippen MR) is 114 cm³/mol. The van der Waals surface area contributed by atoms with E-state index >= 15 is 0 Å². The minimum Gasteiger partial charge on any atom is -0.493 e. The molecule has 0 saturated carbocycles. The molecule has 0 aliphatic carbocycles. The maximum Gasteiger partial charge on any atom is 0.274 e. The minimum absolute atomic E-state index is 0.175. The van der Waals surface area contributed by atoms with Crippen molar-refractivity contribution in [3.05, 3.63) is 72.7 Å². The quantitative estimate of drug-likeness (QED) is 0.458. The molecule has 2 aromatic carbocycles. The zero-order valence-electron chi connectivity index (χ0n) is 16.9. The summed E-state index contributed by atoms with van der Waals surface area (Å²) in [5, 5.41) is 14.7. The van der Waals surface area contributed by atoms with Crippen LogP contribution in [0.3, 0.4) is 0 Å². The number of anilines is 1. The number of carbonyl (C=O) groups excluding carboxylic acids is 1. The summed E-state index contributed by atoms with van der Waals surface area (Å²) >= 11 is 0. The van der Waals surface area contributed by atoms with Gasteiger partial charge in [-0.3, -0.25) is 4.79 Å². The third-order valence-electron chi connectivity index (χ3n) is 4.43. The maximum atomic E-state index is 13.3. The predicted octanol–water partition coefficient (Wildman–Crippen LogP) is 3.59. The molecule has 1 N–H and O–H groups in total. The standard InChI is InChI=1S/C22H19N5O4/c1-29-19-11-10-16(13-20(19)30-2)23-22(28)18(14-17-9-6-12-31-17)27-21(24-25-26-27)15-7-4-3-5-8-15/h3-14H,1-2H3,(H,23,28)/b18-14-. The van der Waals surface area contributed by atoms with Gasteiger partial charge in [-0.15, -0.1) is 5.10 Å². The van der Waals surface area contributed by atoms with Gasteiger partial charge in [0, 0.05) is 23.4 Å². The number of ether oxygens (including phenoxy) is 2. The summed E-state index contributed by atoms with van der Waals surface area (Å²) in [7, 11) is 3.07. The molecular weight excluding hydrogens is 398 g/mol. The lowest BCUT2D eigenvalue weighted by molar-refractivity contribution is -0.111. The lowest BCUT2D eigenvalue weighted by atomic mass is 10.2. The first-order valence-corrected chi connectivity index (χ1v) is 9.32. The monoisotopic (exact) mass is 417 g/mol. The van der Waals surface area contributed by atoms with Crippen LogP contribution in [0.2, 0.25) is 0 Å². The molecule has 0 aliphatic heterocycles. The maximum absolute atomic E-state index is 13.3. The lowest BCUT2D eigenvalue weighted by Gasteiger charge is -2.12. The average molecular weight is 417 g/mol. The zero-order valence-corrected chi connectivity index (χ0v) is 16.9. The molecule has 2 aromatic heterocycles. The van der Waals surface area contributed by atoms with Crippen LogP contribution < -0.4 is 14.8 Å². The largest absolute Gasteiger partial charge is 0.493 e. The number of benzene rings is 2. The summed E-state index contributed by atoms with van der Waals surface area (Å²) < 4.78 is 17.3. The summed E-state index contributed by atoms with van der Waals surface area (Å²) in [6.45, 7) is 0. The highest BCUT2D eigenvalue weighted by Crippen LogP contribution is 2.30. The Bertz CT molecular complexity index is 1200. The van der Waals surface area contributed by atoms with Gasteiger partial charge in [0.2, 0.25) is 0 Å². The number of furan rings is 1. The van der Waals surface area contributed by atoms with Crippen LogP contribution in [0.15, 0.2) is 71.3 Å². The molecule has 2 heterocycles. The number of rotatable bonds is 7. The number of aromatic nitrogens is 4. The van der Waals surface area contributed by atoms with Gasteiger partial charge in [0.25, 0.3) is 5.91 Å². The van der Waals surface area contributed by atoms with Gasteiger partial charge in [-0.1, -0.05) is 30.3 Å². The lowest BCUT2D eigenvalue weighted by Crippen LogP contribution is -2.19. The summed E-state index contributed by atoms with van der Waals surface area (Å²) in [5.74, 6) is 1.50. The number of tetrazole rings is 1. The second kappa shape index (κ2) is 8.95. The third-order valence-corrected chi connectivity index (χ3v) is 4.43. The van der Waals surface area contributed by atoms with Crippen molar-refractivity contribution in [1.29, 1.82) is 0 Å². The van der Waals surface area contributed by atoms with Crippen LogP contribution in [0, 0.1) is 0 Å². The molecule has 1 amide bonds. The molecule has 9 heteroatoms. The van der Waals surface area contributed by atoms with E-state index in [1.807, 2.05) is 30.3 Å². The summed E-state index contributed by atoms with van der Waals surface area (Å²) in [5.41, 5.74) is 1.45. The van der Waals surface area contributed by atoms with Crippen LogP contribution in [-0.4, -0.2) is 40.3 Å². The van der Waals surface area contributed by atoms with Gasteiger partial charge in [-0.05, 0) is 34.7 Å². The van der Waals surface area contributed by atoms with Crippen molar-refractivity contribution in [2.45, 2.75) is 0 Å². The highest BCUT2D eigenvalue weighted by Gasteiger charge is 2.20. The van der Waals surface area contributed by atoms with E-state index in [0.29, 0.717) is 28.8 Å². The van der Waals surface area contributed by atoms with Crippen LogP contribution in [0.5, 0.6) is 11.5 Å². The first-order chi connectivity index (χ1) is 15.2. The van der Waals surface area contributed by atoms with Gasteiger partial charge < -0.3 is 19.2 Å². The summed E-state index contributed by atoms with van der Waals surface area (Å²) in [4.78, 5) is 13.3. The number of amides is 1. The highest BCUT2D eigenvalue weighted by atomic mass is 16.5. The van der Waals surface area contributed by atoms with Crippen LogP contribution in [0.4, 0.5) is 5.69 Å². The number of nitrogens with zero attached hydrogens (tertiary/aromatic N) is 4. The van der Waals surface area contributed by atoms with Crippen LogP contribution >= 0.6 is 0 Å². The smallest absolute Gasteiger partial charge is 0.274 e. The van der Waals surface area contributed by atoms with Gasteiger partial charge >= 0.3 is 0 Å². The molecule has 0 saturated heterocycles. The second-order valence-electron chi connectivity index (χ2n) is 6.35. The van der Waals surface area contributed by atoms with E-state index in [-0.39, 0.29) is 5.70 Å². The van der Waals surface area contributed by atoms with E-state index in [2.05, 4.69) is 20.8 Å². The number of hydrogen-bond donors (Lipinski definition) is 1. The molecule has 0 radical (unpaired) electrons. The molecule has 9 nitrogen and oxygen atoms in total. The van der Waals surface area contributed by atoms with Crippen LogP contribution in [0.25, 0.3) is 23.2 Å². The van der Waals surface area contributed by atoms with Gasteiger partial charge in [0.05, 0.1) is 20.5 Å². The molecule has 0 unspecified atom stereocenters. The van der Waals surface area contributed by atoms with E-state index < -0.39 is 5.91 Å². The molecule has 156 valence electrons. The molecule has 0 aliphatic rings. The Balaban J connectivity index is 1.72. The Morgan fingerprint density at radius 2 is 1.84 bits per heavy atom. The molecule has 0 fully saturated rings. The third kappa shape index (κ3) is 4.30. The normalized spacial score (nSPS) is 11.2. The molecule has 0 atom stereocenters. The van der Waals surface area contributed by atoms with Crippen molar-refractivity contribution < 1.29 is 18.7 Å². The number of hydrogen-bond acceptors (Lipinski definition) is 7. The Morgan fingerprint density at radius 1 is 1.03 bits per heavy atom. The van der Waals surface area contributed by atoms with Gasteiger partial charge in [0.15, 0.2) is 17.3 Å². The van der Waals surface area contributed by atoms with E-state index in [4.69, 9.17) is 13.9 Å². The Kier molecular flexibility index (Phi) is 5.75. The molecule has 0 spiro atoms. The summed E-state index contributed by atoms with van der Waals surface area (Å²) in [6, 6.07) is 17.9. The fraction of sp³-hybridized carbons (Fsp3) is 0.0909. The summed E-state index contributed by atoms with van der Waals surface area (Å²) in [6.07, 6.45) is 3.09. The molecule has 0 bridgehead atoms. The SMILES string of the molecule is COc1ccc(NC(=O)/C(=C/c2ccco2)n2nnnc2-c2ccccc2)cc1OC. The van der Waals surface area contributed by atoms with Crippen LogP contribution in [-0.2, 0) is 4.79 Å². The van der Waals surface area contributed by atoms with Gasteiger partial charge in [-0.25, -0.2) is 0 Å². The first kappa shape index (κ1) is 19.9. The first-order valence-electron chi connectivity index (χ1n) is 9.32. The van der Waals surface area contributed by atoms with E-state index in [0.717, 1.165) is 5.56 Å². The number of nitrogens with one attached hydrogen (secondary N) is 1. The minimum atomic E-state index is -0.437. The number of carbonyl (C=O) groups is 1. The van der Waals surface area contributed by atoms with Crippen molar-refractivity contribution in [3.8, 4) is 22.9 Å². The molecular formula is C22H19N5O4. The zero-order chi connectivity index (χ0) is 21.6. The second-order valence-corrected chi connectivity index (χ2v) is 6.35. The molecule has 4 aromatic rings. The average Bonchev–Trinajstić information content (AvgIpc) is 3.50.